The van der Waals surface area contributed by atoms with Crippen molar-refractivity contribution in [2.45, 2.75) is 26.4 Å². The molecule has 16 heavy (non-hydrogen) atoms. The first-order valence-electron chi connectivity index (χ1n) is 4.53. The molecule has 0 atom stereocenters. The molecule has 0 heterocycles. The molecule has 0 aliphatic heterocycles. The fourth-order valence-corrected chi connectivity index (χ4v) is 0.608. The van der Waals surface area contributed by atoms with E-state index in [4.69, 9.17) is 10.00 Å². The van der Waals surface area contributed by atoms with E-state index in [2.05, 4.69) is 14.5 Å². The molecular weight excluding hydrogens is 214 g/mol. The normalized spacial score (nSPS) is 11.8. The molecule has 0 aromatic heterocycles. The van der Waals surface area contributed by atoms with E-state index in [0.29, 0.717) is 0 Å². The van der Waals surface area contributed by atoms with Crippen LogP contribution in [0.15, 0.2) is 11.8 Å². The van der Waals surface area contributed by atoms with Crippen molar-refractivity contribution in [2.24, 2.45) is 0 Å². The molecule has 6 heteroatoms. The quantitative estimate of drug-likeness (QED) is 0.241. The predicted octanol–water partition coefficient (Wildman–Crippen LogP) is 1.92. The van der Waals surface area contributed by atoms with E-state index in [-0.39, 0.29) is 12.2 Å². The summed E-state index contributed by atoms with van der Waals surface area (Å²) < 4.78 is 9.44. The van der Waals surface area contributed by atoms with Crippen molar-refractivity contribution in [3.05, 3.63) is 11.8 Å². The Balaban J connectivity index is 4.14. The van der Waals surface area contributed by atoms with Crippen molar-refractivity contribution < 1.29 is 24.0 Å². The number of nitrogens with zero attached hydrogens (tertiary/aromatic N) is 1. The Morgan fingerprint density at radius 2 is 2.06 bits per heavy atom. The van der Waals surface area contributed by atoms with Crippen LogP contribution in [0.1, 0.15) is 20.8 Å². The molecule has 0 fully saturated rings. The molecule has 0 saturated heterocycles. The molecule has 0 rings (SSSR count). The van der Waals surface area contributed by atoms with E-state index in [9.17, 15) is 4.79 Å². The van der Waals surface area contributed by atoms with Gasteiger partial charge in [-0.2, -0.15) is 5.26 Å². The Labute approximate surface area is 94.3 Å². The average molecular weight is 229 g/mol. The minimum absolute atomic E-state index is 0.101. The first-order chi connectivity index (χ1) is 7.39. The third-order valence-corrected chi connectivity index (χ3v) is 1.16. The second kappa shape index (κ2) is 6.82. The van der Waals surface area contributed by atoms with Crippen LogP contribution in [0.5, 0.6) is 0 Å². The van der Waals surface area contributed by atoms with Crippen molar-refractivity contribution in [2.75, 3.05) is 13.7 Å². The Bertz CT molecular complexity index is 297. The second-order valence-corrected chi connectivity index (χ2v) is 3.77. The van der Waals surface area contributed by atoms with Gasteiger partial charge in [-0.1, -0.05) is 0 Å². The van der Waals surface area contributed by atoms with Crippen LogP contribution in [0.25, 0.3) is 0 Å². The largest absolute Gasteiger partial charge is 0.513 e. The first kappa shape index (κ1) is 14.4. The van der Waals surface area contributed by atoms with Gasteiger partial charge in [-0.15, -0.1) is 0 Å². The van der Waals surface area contributed by atoms with Gasteiger partial charge in [0.25, 0.3) is 0 Å². The van der Waals surface area contributed by atoms with Gasteiger partial charge >= 0.3 is 6.16 Å². The molecule has 0 spiro atoms. The minimum atomic E-state index is -0.877. The number of nitriles is 1. The molecule has 0 aliphatic rings. The fraction of sp³-hybridized carbons (Fsp3) is 0.600. The van der Waals surface area contributed by atoms with Crippen LogP contribution in [0.2, 0.25) is 0 Å². The molecule has 0 saturated carbocycles. The number of hydrogen-bond acceptors (Lipinski definition) is 6. The lowest BCUT2D eigenvalue weighted by molar-refractivity contribution is -0.264. The number of hydrogen-bond donors (Lipinski definition) is 0. The zero-order chi connectivity index (χ0) is 12.6. The van der Waals surface area contributed by atoms with Crippen molar-refractivity contribution in [1.29, 1.82) is 5.26 Å². The highest BCUT2D eigenvalue weighted by molar-refractivity contribution is 5.61. The monoisotopic (exact) mass is 229 g/mol. The molecule has 90 valence electrons. The van der Waals surface area contributed by atoms with E-state index in [1.165, 1.54) is 7.11 Å². The summed E-state index contributed by atoms with van der Waals surface area (Å²) in [5.41, 5.74) is -0.534. The number of carbonyl (C=O) groups excluding carboxylic acids is 1. The van der Waals surface area contributed by atoms with Gasteiger partial charge in [0.2, 0.25) is 0 Å². The molecule has 0 bridgehead atoms. The lowest BCUT2D eigenvalue weighted by Gasteiger charge is -2.17. The number of carbonyl (C=O) groups is 1. The SMILES string of the molecule is COOC/C(C#N)=C/OC(=O)OC(C)(C)C. The molecule has 0 aromatic rings. The van der Waals surface area contributed by atoms with Gasteiger partial charge in [0.15, 0.2) is 0 Å². The van der Waals surface area contributed by atoms with Crippen LogP contribution in [-0.2, 0) is 19.2 Å². The summed E-state index contributed by atoms with van der Waals surface area (Å²) >= 11 is 0. The molecule has 0 aliphatic carbocycles. The summed E-state index contributed by atoms with van der Waals surface area (Å²) in [4.78, 5) is 19.9. The molecular formula is C10H15NO5. The van der Waals surface area contributed by atoms with Crippen molar-refractivity contribution in [1.82, 2.24) is 0 Å². The third kappa shape index (κ3) is 7.79. The summed E-state index contributed by atoms with van der Waals surface area (Å²) in [5.74, 6) is 0. The molecule has 6 nitrogen and oxygen atoms in total. The molecule has 0 aromatic carbocycles. The summed E-state index contributed by atoms with van der Waals surface area (Å²) in [7, 11) is 1.31. The summed E-state index contributed by atoms with van der Waals surface area (Å²) in [6, 6.07) is 1.78. The lowest BCUT2D eigenvalue weighted by atomic mass is 10.2. The Morgan fingerprint density at radius 1 is 1.44 bits per heavy atom. The first-order valence-corrected chi connectivity index (χ1v) is 4.53. The highest BCUT2D eigenvalue weighted by atomic mass is 17.2. The van der Waals surface area contributed by atoms with Gasteiger partial charge in [0, 0.05) is 0 Å². The Morgan fingerprint density at radius 3 is 2.50 bits per heavy atom. The Kier molecular flexibility index (Phi) is 6.15. The molecule has 0 N–H and O–H groups in total. The lowest BCUT2D eigenvalue weighted by Crippen LogP contribution is -2.23. The van der Waals surface area contributed by atoms with Gasteiger partial charge in [-0.05, 0) is 20.8 Å². The zero-order valence-corrected chi connectivity index (χ0v) is 9.77. The van der Waals surface area contributed by atoms with Gasteiger partial charge in [-0.25, -0.2) is 14.6 Å². The smallest absolute Gasteiger partial charge is 0.428 e. The highest BCUT2D eigenvalue weighted by Crippen LogP contribution is 2.08. The summed E-state index contributed by atoms with van der Waals surface area (Å²) in [5, 5.41) is 8.61. The van der Waals surface area contributed by atoms with Gasteiger partial charge < -0.3 is 9.47 Å². The molecule has 0 radical (unpaired) electrons. The zero-order valence-electron chi connectivity index (χ0n) is 9.77. The van der Waals surface area contributed by atoms with Crippen LogP contribution >= 0.6 is 0 Å². The third-order valence-electron chi connectivity index (χ3n) is 1.16. The summed E-state index contributed by atoms with van der Waals surface area (Å²) in [6.07, 6.45) is 0.0882. The summed E-state index contributed by atoms with van der Waals surface area (Å²) in [6.45, 7) is 5.02. The van der Waals surface area contributed by atoms with Crippen LogP contribution in [-0.4, -0.2) is 25.5 Å². The fourth-order valence-electron chi connectivity index (χ4n) is 0.608. The average Bonchev–Trinajstić information content (AvgIpc) is 2.15. The van der Waals surface area contributed by atoms with Gasteiger partial charge in [0.05, 0.1) is 12.7 Å². The molecule has 0 unspecified atom stereocenters. The second-order valence-electron chi connectivity index (χ2n) is 3.77. The van der Waals surface area contributed by atoms with Crippen LogP contribution in [0.3, 0.4) is 0 Å². The highest BCUT2D eigenvalue weighted by Gasteiger charge is 2.16. The van der Waals surface area contributed by atoms with E-state index in [0.717, 1.165) is 6.26 Å². The number of rotatable bonds is 4. The van der Waals surface area contributed by atoms with Crippen molar-refractivity contribution >= 4 is 6.16 Å². The van der Waals surface area contributed by atoms with Crippen molar-refractivity contribution in [3.63, 3.8) is 0 Å². The van der Waals surface area contributed by atoms with E-state index in [1.807, 2.05) is 0 Å². The topological polar surface area (TPSA) is 77.8 Å². The number of ether oxygens (including phenoxy) is 2. The predicted molar refractivity (Wildman–Crippen MR) is 54.0 cm³/mol. The van der Waals surface area contributed by atoms with E-state index >= 15 is 0 Å². The Hall–Kier alpha value is -1.58. The van der Waals surface area contributed by atoms with Crippen LogP contribution < -0.4 is 0 Å². The minimum Gasteiger partial charge on any atom is -0.428 e. The van der Waals surface area contributed by atoms with E-state index in [1.54, 1.807) is 26.8 Å². The maximum Gasteiger partial charge on any atom is 0.513 e. The van der Waals surface area contributed by atoms with Crippen LogP contribution in [0.4, 0.5) is 4.79 Å². The maximum atomic E-state index is 11.1. The standard InChI is InChI=1S/C10H15NO5/c1-10(2,3)16-9(12)14-6-8(5-11)7-15-13-4/h6H,7H2,1-4H3/b8-6+. The molecule has 0 amide bonds. The van der Waals surface area contributed by atoms with E-state index < -0.39 is 11.8 Å². The van der Waals surface area contributed by atoms with Gasteiger partial charge in [0.1, 0.15) is 24.5 Å². The van der Waals surface area contributed by atoms with Crippen molar-refractivity contribution in [3.8, 4) is 6.07 Å². The van der Waals surface area contributed by atoms with Gasteiger partial charge in [-0.3, -0.25) is 0 Å². The maximum absolute atomic E-state index is 11.1. The van der Waals surface area contributed by atoms with Crippen LogP contribution in [0, 0.1) is 11.3 Å².